The molecule has 1 N–H and O–H groups in total. The normalized spacial score (nSPS) is 21.8. The van der Waals surface area contributed by atoms with E-state index in [2.05, 4.69) is 15.2 Å². The molecule has 2 aliphatic carbocycles. The second-order valence-electron chi connectivity index (χ2n) is 7.99. The average Bonchev–Trinajstić information content (AvgIpc) is 3.10. The van der Waals surface area contributed by atoms with Crippen molar-refractivity contribution in [3.63, 3.8) is 0 Å². The highest BCUT2D eigenvalue weighted by molar-refractivity contribution is 6.31. The molecular weight excluding hydrogens is 437 g/mol. The maximum absolute atomic E-state index is 13.4. The van der Waals surface area contributed by atoms with Crippen LogP contribution in [0.3, 0.4) is 0 Å². The highest BCUT2D eigenvalue weighted by Crippen LogP contribution is 2.54. The van der Waals surface area contributed by atoms with Crippen LogP contribution < -0.4 is 0 Å². The fourth-order valence-corrected chi connectivity index (χ4v) is 4.43. The van der Waals surface area contributed by atoms with E-state index in [1.807, 2.05) is 0 Å². The van der Waals surface area contributed by atoms with Gasteiger partial charge in [0.1, 0.15) is 17.2 Å². The minimum absolute atomic E-state index is 0.0117. The zero-order valence-corrected chi connectivity index (χ0v) is 16.7. The topological polar surface area (TPSA) is 94.0 Å². The Morgan fingerprint density at radius 3 is 2.65 bits per heavy atom. The van der Waals surface area contributed by atoms with Gasteiger partial charge in [-0.25, -0.2) is 13.2 Å². The molecule has 5 rings (SSSR count). The third kappa shape index (κ3) is 3.29. The number of hydrogen-bond donors (Lipinski definition) is 1. The molecule has 0 spiro atoms. The number of nitrogens with zero attached hydrogens (tertiary/aromatic N) is 4. The van der Waals surface area contributed by atoms with Crippen molar-refractivity contribution in [3.8, 4) is 11.6 Å². The Hall–Kier alpha value is -2.88. The molecule has 0 amide bonds. The van der Waals surface area contributed by atoms with E-state index in [1.54, 1.807) is 6.07 Å². The van der Waals surface area contributed by atoms with Gasteiger partial charge in [0.2, 0.25) is 0 Å². The monoisotopic (exact) mass is 452 g/mol. The molecule has 0 unspecified atom stereocenters. The van der Waals surface area contributed by atoms with Gasteiger partial charge in [-0.1, -0.05) is 22.8 Å². The Kier molecular flexibility index (Phi) is 4.58. The molecule has 7 nitrogen and oxygen atoms in total. The minimum atomic E-state index is -2.80. The zero-order chi connectivity index (χ0) is 21.9. The Bertz CT molecular complexity index is 1170. The van der Waals surface area contributed by atoms with E-state index in [-0.39, 0.29) is 35.5 Å². The molecule has 2 aliphatic rings. The van der Waals surface area contributed by atoms with Crippen molar-refractivity contribution >= 4 is 17.6 Å². The van der Waals surface area contributed by atoms with E-state index < -0.39 is 35.2 Å². The molecule has 31 heavy (non-hydrogen) atoms. The predicted octanol–water partition coefficient (Wildman–Crippen LogP) is 4.78. The van der Waals surface area contributed by atoms with Crippen molar-refractivity contribution in [2.75, 3.05) is 0 Å². The Morgan fingerprint density at radius 1 is 1.29 bits per heavy atom. The molecule has 2 fully saturated rings. The summed E-state index contributed by atoms with van der Waals surface area (Å²) in [6.45, 7) is 0. The van der Waals surface area contributed by atoms with Gasteiger partial charge in [-0.2, -0.15) is 10.1 Å². The molecule has 0 saturated heterocycles. The number of carboxylic acids is 1. The van der Waals surface area contributed by atoms with Gasteiger partial charge >= 0.3 is 5.97 Å². The molecule has 0 bridgehead atoms. The number of benzene rings is 1. The average molecular weight is 453 g/mol. The van der Waals surface area contributed by atoms with E-state index >= 15 is 0 Å². The summed E-state index contributed by atoms with van der Waals surface area (Å²) in [7, 11) is 0. The van der Waals surface area contributed by atoms with Gasteiger partial charge in [0, 0.05) is 5.02 Å². The van der Waals surface area contributed by atoms with Gasteiger partial charge in [-0.05, 0) is 49.4 Å². The van der Waals surface area contributed by atoms with Gasteiger partial charge < -0.3 is 9.63 Å². The summed E-state index contributed by atoms with van der Waals surface area (Å²) >= 11 is 6.23. The van der Waals surface area contributed by atoms with Crippen molar-refractivity contribution < 1.29 is 27.6 Å². The van der Waals surface area contributed by atoms with Crippen LogP contribution >= 0.6 is 11.6 Å². The first-order chi connectivity index (χ1) is 14.8. The molecule has 2 saturated carbocycles. The van der Waals surface area contributed by atoms with Crippen LogP contribution in [0.5, 0.6) is 0 Å². The van der Waals surface area contributed by atoms with Crippen LogP contribution in [0.25, 0.3) is 11.6 Å². The number of rotatable bonds is 6. The lowest BCUT2D eigenvalue weighted by atomic mass is 9.80. The van der Waals surface area contributed by atoms with Crippen molar-refractivity contribution in [2.45, 2.75) is 43.6 Å². The minimum Gasteiger partial charge on any atom is -0.481 e. The van der Waals surface area contributed by atoms with Gasteiger partial charge in [0.25, 0.3) is 12.3 Å². The molecule has 2 heterocycles. The quantitative estimate of drug-likeness (QED) is 0.578. The number of aromatic nitrogens is 4. The van der Waals surface area contributed by atoms with Crippen LogP contribution in [-0.4, -0.2) is 31.0 Å². The SMILES string of the molecule is O=C(O)C1CC(n2nc(C(F)F)cc2-c2nc(C3(c4ccc(F)cc4Cl)CC3)no2)C1. The van der Waals surface area contributed by atoms with E-state index in [4.69, 9.17) is 21.2 Å². The predicted molar refractivity (Wildman–Crippen MR) is 101 cm³/mol. The van der Waals surface area contributed by atoms with Crippen LogP contribution in [0, 0.1) is 11.7 Å². The number of hydrogen-bond acceptors (Lipinski definition) is 5. The molecule has 0 atom stereocenters. The van der Waals surface area contributed by atoms with Crippen LogP contribution in [0.1, 0.15) is 55.2 Å². The molecule has 0 radical (unpaired) electrons. The number of alkyl halides is 2. The summed E-state index contributed by atoms with van der Waals surface area (Å²) in [6, 6.07) is 4.94. The summed E-state index contributed by atoms with van der Waals surface area (Å²) in [5.74, 6) is -1.57. The Labute approximate surface area is 178 Å². The largest absolute Gasteiger partial charge is 0.481 e. The van der Waals surface area contributed by atoms with Crippen LogP contribution in [-0.2, 0) is 10.2 Å². The number of aliphatic carboxylic acids is 1. The molecule has 1 aromatic carbocycles. The van der Waals surface area contributed by atoms with Gasteiger partial charge in [0.15, 0.2) is 5.82 Å². The third-order valence-electron chi connectivity index (χ3n) is 6.06. The summed E-state index contributed by atoms with van der Waals surface area (Å²) in [4.78, 5) is 15.5. The highest BCUT2D eigenvalue weighted by Gasteiger charge is 2.51. The first kappa shape index (κ1) is 20.0. The summed E-state index contributed by atoms with van der Waals surface area (Å²) < 4.78 is 46.8. The summed E-state index contributed by atoms with van der Waals surface area (Å²) in [5.41, 5.74) is -0.179. The van der Waals surface area contributed by atoms with Crippen LogP contribution in [0.15, 0.2) is 28.8 Å². The van der Waals surface area contributed by atoms with Gasteiger partial charge in [0.05, 0.1) is 17.4 Å². The standard InChI is InChI=1S/C20H16ClF3N4O3/c21-13-7-10(22)1-2-12(13)20(3-4-20)19-25-17(31-27-19)15-8-14(16(23)24)26-28(15)11-5-9(6-11)18(29)30/h1-2,7-9,11,16H,3-6H2,(H,29,30). The third-order valence-corrected chi connectivity index (χ3v) is 6.37. The Balaban J connectivity index is 1.49. The van der Waals surface area contributed by atoms with Crippen molar-refractivity contribution in [2.24, 2.45) is 5.92 Å². The molecular formula is C20H16ClF3N4O3. The summed E-state index contributed by atoms with van der Waals surface area (Å²) in [6.07, 6.45) is -0.875. The second kappa shape index (κ2) is 7.08. The number of carbonyl (C=O) groups is 1. The van der Waals surface area contributed by atoms with Crippen molar-refractivity contribution in [1.82, 2.24) is 19.9 Å². The zero-order valence-electron chi connectivity index (χ0n) is 15.9. The van der Waals surface area contributed by atoms with E-state index in [0.29, 0.717) is 24.2 Å². The first-order valence-electron chi connectivity index (χ1n) is 9.69. The first-order valence-corrected chi connectivity index (χ1v) is 10.1. The fourth-order valence-electron chi connectivity index (χ4n) is 4.09. The van der Waals surface area contributed by atoms with Crippen molar-refractivity contribution in [1.29, 1.82) is 0 Å². The lowest BCUT2D eigenvalue weighted by molar-refractivity contribution is -0.146. The maximum Gasteiger partial charge on any atom is 0.306 e. The van der Waals surface area contributed by atoms with Crippen LogP contribution in [0.4, 0.5) is 13.2 Å². The lowest BCUT2D eigenvalue weighted by Crippen LogP contribution is -2.33. The molecule has 0 aliphatic heterocycles. The fraction of sp³-hybridized carbons (Fsp3) is 0.400. The van der Waals surface area contributed by atoms with E-state index in [9.17, 15) is 18.0 Å². The second-order valence-corrected chi connectivity index (χ2v) is 8.40. The Morgan fingerprint density at radius 2 is 2.03 bits per heavy atom. The van der Waals surface area contributed by atoms with Crippen molar-refractivity contribution in [3.05, 3.63) is 52.2 Å². The lowest BCUT2D eigenvalue weighted by Gasteiger charge is -2.33. The van der Waals surface area contributed by atoms with Gasteiger partial charge in [-0.15, -0.1) is 0 Å². The van der Waals surface area contributed by atoms with E-state index in [0.717, 1.165) is 0 Å². The number of carboxylic acid groups (broad SMARTS) is 1. The molecule has 11 heteroatoms. The molecule has 2 aromatic heterocycles. The van der Waals surface area contributed by atoms with Gasteiger partial charge in [-0.3, -0.25) is 9.48 Å². The summed E-state index contributed by atoms with van der Waals surface area (Å²) in [5, 5.41) is 17.4. The smallest absolute Gasteiger partial charge is 0.306 e. The molecule has 162 valence electrons. The van der Waals surface area contributed by atoms with E-state index in [1.165, 1.54) is 22.9 Å². The van der Waals surface area contributed by atoms with Crippen LogP contribution in [0.2, 0.25) is 5.02 Å². The highest BCUT2D eigenvalue weighted by atomic mass is 35.5. The number of halogens is 4. The maximum atomic E-state index is 13.4. The molecule has 3 aromatic rings.